The van der Waals surface area contributed by atoms with Crippen LogP contribution in [0.5, 0.6) is 5.75 Å². The summed E-state index contributed by atoms with van der Waals surface area (Å²) in [6, 6.07) is 12.8. The van der Waals surface area contributed by atoms with Crippen molar-refractivity contribution in [2.24, 2.45) is 11.8 Å². The molecule has 2 aromatic rings. The molecule has 2 amide bonds. The van der Waals surface area contributed by atoms with Crippen molar-refractivity contribution in [1.82, 2.24) is 4.90 Å². The molecule has 0 radical (unpaired) electrons. The van der Waals surface area contributed by atoms with E-state index in [0.717, 1.165) is 57.5 Å². The SMILES string of the molecule is COc1cccc(C(=O)Nc2ccc(N3CCC(C)CC3)c(C(=O)N3CCC(C)CC3)c2)c1. The number of nitrogens with zero attached hydrogens (tertiary/aromatic N) is 2. The smallest absolute Gasteiger partial charge is 0.256 e. The highest BCUT2D eigenvalue weighted by Gasteiger charge is 2.27. The summed E-state index contributed by atoms with van der Waals surface area (Å²) in [7, 11) is 1.58. The van der Waals surface area contributed by atoms with E-state index in [2.05, 4.69) is 24.1 Å². The van der Waals surface area contributed by atoms with Gasteiger partial charge in [-0.2, -0.15) is 0 Å². The molecule has 0 saturated carbocycles. The summed E-state index contributed by atoms with van der Waals surface area (Å²) in [5.74, 6) is 1.84. The van der Waals surface area contributed by atoms with Gasteiger partial charge in [0.1, 0.15) is 5.75 Å². The molecule has 0 spiro atoms. The molecule has 6 heteroatoms. The third-order valence-electron chi connectivity index (χ3n) is 7.01. The molecule has 0 bridgehead atoms. The van der Waals surface area contributed by atoms with Gasteiger partial charge in [0, 0.05) is 43.1 Å². The second-order valence-electron chi connectivity index (χ2n) is 9.56. The number of nitrogens with one attached hydrogen (secondary N) is 1. The van der Waals surface area contributed by atoms with Crippen LogP contribution in [0.15, 0.2) is 42.5 Å². The molecule has 2 aliphatic heterocycles. The first-order chi connectivity index (χ1) is 15.9. The van der Waals surface area contributed by atoms with Gasteiger partial charge in [-0.15, -0.1) is 0 Å². The van der Waals surface area contributed by atoms with Crippen molar-refractivity contribution in [1.29, 1.82) is 0 Å². The summed E-state index contributed by atoms with van der Waals surface area (Å²) in [5, 5.41) is 2.97. The Bertz CT molecular complexity index is 990. The number of hydrogen-bond acceptors (Lipinski definition) is 4. The van der Waals surface area contributed by atoms with Gasteiger partial charge < -0.3 is 19.9 Å². The third kappa shape index (κ3) is 5.49. The molecule has 0 aromatic heterocycles. The topological polar surface area (TPSA) is 61.9 Å². The van der Waals surface area contributed by atoms with Crippen LogP contribution >= 0.6 is 0 Å². The van der Waals surface area contributed by atoms with Crippen LogP contribution in [0.2, 0.25) is 0 Å². The van der Waals surface area contributed by atoms with Crippen LogP contribution in [-0.4, -0.2) is 50.0 Å². The fourth-order valence-corrected chi connectivity index (χ4v) is 4.66. The van der Waals surface area contributed by atoms with E-state index in [1.807, 2.05) is 23.1 Å². The number of methoxy groups -OCH3 is 1. The number of hydrogen-bond donors (Lipinski definition) is 1. The average molecular weight is 450 g/mol. The van der Waals surface area contributed by atoms with Gasteiger partial charge in [-0.3, -0.25) is 9.59 Å². The maximum absolute atomic E-state index is 13.6. The van der Waals surface area contributed by atoms with Crippen molar-refractivity contribution in [3.63, 3.8) is 0 Å². The Morgan fingerprint density at radius 1 is 0.909 bits per heavy atom. The Kier molecular flexibility index (Phi) is 7.21. The van der Waals surface area contributed by atoms with E-state index < -0.39 is 0 Å². The molecular formula is C27H35N3O3. The van der Waals surface area contributed by atoms with Crippen LogP contribution in [-0.2, 0) is 0 Å². The summed E-state index contributed by atoms with van der Waals surface area (Å²) in [4.78, 5) is 30.7. The monoisotopic (exact) mass is 449 g/mol. The number of piperidine rings is 2. The highest BCUT2D eigenvalue weighted by atomic mass is 16.5. The van der Waals surface area contributed by atoms with Crippen molar-refractivity contribution in [2.45, 2.75) is 39.5 Å². The van der Waals surface area contributed by atoms with Crippen LogP contribution in [0, 0.1) is 11.8 Å². The zero-order valence-electron chi connectivity index (χ0n) is 20.0. The number of amides is 2. The van der Waals surface area contributed by atoms with Gasteiger partial charge in [0.15, 0.2) is 0 Å². The molecule has 0 aliphatic carbocycles. The fourth-order valence-electron chi connectivity index (χ4n) is 4.66. The Morgan fingerprint density at radius 3 is 2.24 bits per heavy atom. The first-order valence-electron chi connectivity index (χ1n) is 12.1. The second kappa shape index (κ2) is 10.3. The number of benzene rings is 2. The largest absolute Gasteiger partial charge is 0.497 e. The molecule has 2 heterocycles. The van der Waals surface area contributed by atoms with E-state index in [4.69, 9.17) is 4.74 Å². The zero-order chi connectivity index (χ0) is 23.4. The Morgan fingerprint density at radius 2 is 1.58 bits per heavy atom. The van der Waals surface area contributed by atoms with E-state index in [-0.39, 0.29) is 11.8 Å². The zero-order valence-corrected chi connectivity index (χ0v) is 20.0. The molecule has 0 unspecified atom stereocenters. The third-order valence-corrected chi connectivity index (χ3v) is 7.01. The summed E-state index contributed by atoms with van der Waals surface area (Å²) in [6.07, 6.45) is 4.33. The molecule has 33 heavy (non-hydrogen) atoms. The van der Waals surface area contributed by atoms with Crippen LogP contribution in [0.3, 0.4) is 0 Å². The number of anilines is 2. The van der Waals surface area contributed by atoms with E-state index in [1.54, 1.807) is 31.4 Å². The molecule has 2 aromatic carbocycles. The van der Waals surface area contributed by atoms with E-state index in [9.17, 15) is 9.59 Å². The number of carbonyl (C=O) groups excluding carboxylic acids is 2. The minimum atomic E-state index is -0.223. The van der Waals surface area contributed by atoms with Crippen molar-refractivity contribution in [2.75, 3.05) is 43.5 Å². The lowest BCUT2D eigenvalue weighted by atomic mass is 9.96. The number of rotatable bonds is 5. The van der Waals surface area contributed by atoms with Gasteiger partial charge in [0.05, 0.1) is 12.7 Å². The first-order valence-corrected chi connectivity index (χ1v) is 12.1. The fraction of sp³-hybridized carbons (Fsp3) is 0.481. The molecule has 1 N–H and O–H groups in total. The summed E-state index contributed by atoms with van der Waals surface area (Å²) < 4.78 is 5.24. The van der Waals surface area contributed by atoms with E-state index in [1.165, 1.54) is 0 Å². The van der Waals surface area contributed by atoms with Gasteiger partial charge in [-0.1, -0.05) is 19.9 Å². The number of likely N-dealkylation sites (tertiary alicyclic amines) is 1. The lowest BCUT2D eigenvalue weighted by Crippen LogP contribution is -2.40. The van der Waals surface area contributed by atoms with Gasteiger partial charge in [-0.25, -0.2) is 0 Å². The second-order valence-corrected chi connectivity index (χ2v) is 9.56. The van der Waals surface area contributed by atoms with Crippen molar-refractivity contribution in [3.8, 4) is 5.75 Å². The molecular weight excluding hydrogens is 414 g/mol. The summed E-state index contributed by atoms with van der Waals surface area (Å²) >= 11 is 0. The molecule has 2 saturated heterocycles. The lowest BCUT2D eigenvalue weighted by Gasteiger charge is -2.35. The van der Waals surface area contributed by atoms with E-state index >= 15 is 0 Å². The van der Waals surface area contributed by atoms with Crippen LogP contribution in [0.25, 0.3) is 0 Å². The standard InChI is InChI=1S/C27H35N3O3/c1-19-9-13-29(14-10-19)25-8-7-22(28-26(31)21-5-4-6-23(17-21)33-3)18-24(25)27(32)30-15-11-20(2)12-16-30/h4-8,17-20H,9-16H2,1-3H3,(H,28,31). The van der Waals surface area contributed by atoms with Crippen molar-refractivity contribution in [3.05, 3.63) is 53.6 Å². The number of ether oxygens (including phenoxy) is 1. The molecule has 0 atom stereocenters. The first kappa shape index (κ1) is 23.1. The molecule has 6 nitrogen and oxygen atoms in total. The average Bonchev–Trinajstić information content (AvgIpc) is 2.84. The Hall–Kier alpha value is -3.02. The maximum Gasteiger partial charge on any atom is 0.256 e. The minimum Gasteiger partial charge on any atom is -0.497 e. The Labute approximate surface area is 196 Å². The Balaban J connectivity index is 1.60. The summed E-state index contributed by atoms with van der Waals surface area (Å²) in [6.45, 7) is 8.02. The molecule has 2 aliphatic rings. The predicted octanol–water partition coefficient (Wildman–Crippen LogP) is 5.06. The molecule has 2 fully saturated rings. The van der Waals surface area contributed by atoms with Crippen LogP contribution < -0.4 is 15.0 Å². The van der Waals surface area contributed by atoms with Gasteiger partial charge in [0.25, 0.3) is 11.8 Å². The number of carbonyl (C=O) groups is 2. The van der Waals surface area contributed by atoms with Gasteiger partial charge >= 0.3 is 0 Å². The van der Waals surface area contributed by atoms with Crippen LogP contribution in [0.1, 0.15) is 60.2 Å². The maximum atomic E-state index is 13.6. The normalized spacial score (nSPS) is 17.7. The van der Waals surface area contributed by atoms with E-state index in [0.29, 0.717) is 34.4 Å². The molecule has 176 valence electrons. The van der Waals surface area contributed by atoms with Crippen molar-refractivity contribution >= 4 is 23.2 Å². The minimum absolute atomic E-state index is 0.0630. The highest BCUT2D eigenvalue weighted by Crippen LogP contribution is 2.31. The van der Waals surface area contributed by atoms with Gasteiger partial charge in [0.2, 0.25) is 0 Å². The van der Waals surface area contributed by atoms with Crippen LogP contribution in [0.4, 0.5) is 11.4 Å². The van der Waals surface area contributed by atoms with Crippen molar-refractivity contribution < 1.29 is 14.3 Å². The quantitative estimate of drug-likeness (QED) is 0.693. The summed E-state index contributed by atoms with van der Waals surface area (Å²) in [5.41, 5.74) is 2.81. The highest BCUT2D eigenvalue weighted by molar-refractivity contribution is 6.06. The lowest BCUT2D eigenvalue weighted by molar-refractivity contribution is 0.0697. The predicted molar refractivity (Wildman–Crippen MR) is 132 cm³/mol. The molecule has 4 rings (SSSR count). The van der Waals surface area contributed by atoms with Gasteiger partial charge in [-0.05, 0) is 73.9 Å².